The van der Waals surface area contributed by atoms with Gasteiger partial charge in [0.05, 0.1) is 10.5 Å². The fourth-order valence-corrected chi connectivity index (χ4v) is 2.07. The second-order valence-electron chi connectivity index (χ2n) is 4.93. The average molecular weight is 236 g/mol. The van der Waals surface area contributed by atoms with Gasteiger partial charge in [-0.3, -0.25) is 4.98 Å². The zero-order valence-electron chi connectivity index (χ0n) is 9.58. The Morgan fingerprint density at radius 1 is 1.25 bits per heavy atom. The van der Waals surface area contributed by atoms with Crippen LogP contribution >= 0.6 is 11.6 Å². The molecule has 0 atom stereocenters. The molecule has 84 valence electrons. The molecule has 2 rings (SSSR count). The van der Waals surface area contributed by atoms with Crippen LogP contribution in [0.4, 0.5) is 0 Å². The summed E-state index contributed by atoms with van der Waals surface area (Å²) in [6, 6.07) is 5.39. The highest BCUT2D eigenvalue weighted by atomic mass is 35.5. The number of aromatic nitrogens is 1. The second-order valence-corrected chi connectivity index (χ2v) is 5.37. The minimum Gasteiger partial charge on any atom is -0.508 e. The lowest BCUT2D eigenvalue weighted by molar-refractivity contribution is 0.449. The quantitative estimate of drug-likeness (QED) is 0.752. The first-order valence-corrected chi connectivity index (χ1v) is 5.55. The molecule has 3 heteroatoms. The highest BCUT2D eigenvalue weighted by Crippen LogP contribution is 2.36. The number of rotatable bonds is 0. The number of aromatic hydroxyl groups is 1. The van der Waals surface area contributed by atoms with Gasteiger partial charge in [0.15, 0.2) is 0 Å². The van der Waals surface area contributed by atoms with Gasteiger partial charge in [0.25, 0.3) is 0 Å². The Morgan fingerprint density at radius 2 is 1.94 bits per heavy atom. The van der Waals surface area contributed by atoms with Crippen molar-refractivity contribution < 1.29 is 5.11 Å². The van der Waals surface area contributed by atoms with E-state index in [1.54, 1.807) is 12.3 Å². The summed E-state index contributed by atoms with van der Waals surface area (Å²) in [5, 5.41) is 11.5. The van der Waals surface area contributed by atoms with E-state index in [1.165, 1.54) is 0 Å². The first-order valence-electron chi connectivity index (χ1n) is 5.17. The minimum atomic E-state index is -0.148. The lowest BCUT2D eigenvalue weighted by Gasteiger charge is -2.21. The zero-order chi connectivity index (χ0) is 11.9. The number of pyridine rings is 1. The molecule has 0 aliphatic rings. The fraction of sp³-hybridized carbons (Fsp3) is 0.308. The molecule has 0 unspecified atom stereocenters. The minimum absolute atomic E-state index is 0.148. The van der Waals surface area contributed by atoms with Gasteiger partial charge in [0, 0.05) is 17.1 Å². The van der Waals surface area contributed by atoms with Crippen LogP contribution in [0.5, 0.6) is 5.75 Å². The lowest BCUT2D eigenvalue weighted by Crippen LogP contribution is -2.12. The SMILES string of the molecule is CC(C)(C)c1c(O)ccc2cc(Cl)cnc12. The van der Waals surface area contributed by atoms with Crippen molar-refractivity contribution >= 4 is 22.5 Å². The maximum Gasteiger partial charge on any atom is 0.121 e. The van der Waals surface area contributed by atoms with Gasteiger partial charge in [-0.05, 0) is 23.6 Å². The van der Waals surface area contributed by atoms with Crippen molar-refractivity contribution in [3.63, 3.8) is 0 Å². The maximum atomic E-state index is 9.94. The molecule has 0 fully saturated rings. The molecule has 0 saturated carbocycles. The predicted molar refractivity (Wildman–Crippen MR) is 67.1 cm³/mol. The lowest BCUT2D eigenvalue weighted by atomic mass is 9.84. The van der Waals surface area contributed by atoms with E-state index in [9.17, 15) is 5.11 Å². The van der Waals surface area contributed by atoms with E-state index in [1.807, 2.05) is 12.1 Å². The highest BCUT2D eigenvalue weighted by Gasteiger charge is 2.21. The van der Waals surface area contributed by atoms with E-state index in [0.29, 0.717) is 5.02 Å². The summed E-state index contributed by atoms with van der Waals surface area (Å²) in [5.74, 6) is 0.287. The van der Waals surface area contributed by atoms with Crippen LogP contribution in [0.15, 0.2) is 24.4 Å². The third-order valence-corrected chi connectivity index (χ3v) is 2.75. The second kappa shape index (κ2) is 3.63. The van der Waals surface area contributed by atoms with Gasteiger partial charge in [-0.15, -0.1) is 0 Å². The Kier molecular flexibility index (Phi) is 2.55. The Morgan fingerprint density at radius 3 is 2.56 bits per heavy atom. The Labute approximate surface area is 99.9 Å². The van der Waals surface area contributed by atoms with E-state index in [4.69, 9.17) is 11.6 Å². The standard InChI is InChI=1S/C13H14ClNO/c1-13(2,3)11-10(16)5-4-8-6-9(14)7-15-12(8)11/h4-7,16H,1-3H3. The monoisotopic (exact) mass is 235 g/mol. The Bertz CT molecular complexity index is 543. The molecule has 16 heavy (non-hydrogen) atoms. The number of hydrogen-bond acceptors (Lipinski definition) is 2. The topological polar surface area (TPSA) is 33.1 Å². The summed E-state index contributed by atoms with van der Waals surface area (Å²) in [5.41, 5.74) is 1.53. The number of fused-ring (bicyclic) bond motifs is 1. The van der Waals surface area contributed by atoms with Crippen LogP contribution in [0.1, 0.15) is 26.3 Å². The first-order chi connectivity index (χ1) is 7.39. The summed E-state index contributed by atoms with van der Waals surface area (Å²) < 4.78 is 0. The summed E-state index contributed by atoms with van der Waals surface area (Å²) in [6.45, 7) is 6.16. The molecular formula is C13H14ClNO. The molecule has 0 bridgehead atoms. The average Bonchev–Trinajstić information content (AvgIpc) is 2.16. The molecule has 1 heterocycles. The normalized spacial score (nSPS) is 12.0. The summed E-state index contributed by atoms with van der Waals surface area (Å²) in [4.78, 5) is 4.32. The highest BCUT2D eigenvalue weighted by molar-refractivity contribution is 6.31. The van der Waals surface area contributed by atoms with E-state index < -0.39 is 0 Å². The number of phenols is 1. The molecule has 0 aliphatic carbocycles. The molecule has 2 nitrogen and oxygen atoms in total. The Hall–Kier alpha value is -1.28. The van der Waals surface area contributed by atoms with Crippen molar-refractivity contribution in [3.05, 3.63) is 35.0 Å². The smallest absolute Gasteiger partial charge is 0.121 e. The molecule has 1 N–H and O–H groups in total. The van der Waals surface area contributed by atoms with Crippen LogP contribution in [0.25, 0.3) is 10.9 Å². The zero-order valence-corrected chi connectivity index (χ0v) is 10.3. The van der Waals surface area contributed by atoms with E-state index in [2.05, 4.69) is 25.8 Å². The van der Waals surface area contributed by atoms with Crippen LogP contribution in [-0.2, 0) is 5.41 Å². The van der Waals surface area contributed by atoms with Gasteiger partial charge >= 0.3 is 0 Å². The van der Waals surface area contributed by atoms with Crippen LogP contribution in [0.2, 0.25) is 5.02 Å². The molecule has 1 aromatic carbocycles. The van der Waals surface area contributed by atoms with Crippen LogP contribution in [0, 0.1) is 0 Å². The summed E-state index contributed by atoms with van der Waals surface area (Å²) >= 11 is 5.90. The van der Waals surface area contributed by atoms with Crippen LogP contribution in [0.3, 0.4) is 0 Å². The van der Waals surface area contributed by atoms with Crippen LogP contribution < -0.4 is 0 Å². The van der Waals surface area contributed by atoms with Gasteiger partial charge in [0.1, 0.15) is 5.75 Å². The predicted octanol–water partition coefficient (Wildman–Crippen LogP) is 3.89. The van der Waals surface area contributed by atoms with Crippen molar-refractivity contribution in [2.75, 3.05) is 0 Å². The number of nitrogens with zero attached hydrogens (tertiary/aromatic N) is 1. The van der Waals surface area contributed by atoms with Gasteiger partial charge in [-0.2, -0.15) is 0 Å². The fourth-order valence-electron chi connectivity index (χ4n) is 1.90. The molecule has 0 amide bonds. The molecule has 1 aromatic heterocycles. The largest absolute Gasteiger partial charge is 0.508 e. The van der Waals surface area contributed by atoms with Crippen molar-refractivity contribution in [2.45, 2.75) is 26.2 Å². The molecular weight excluding hydrogens is 222 g/mol. The van der Waals surface area contributed by atoms with Gasteiger partial charge < -0.3 is 5.11 Å². The van der Waals surface area contributed by atoms with E-state index >= 15 is 0 Å². The van der Waals surface area contributed by atoms with Crippen LogP contribution in [-0.4, -0.2) is 10.1 Å². The molecule has 0 saturated heterocycles. The maximum absolute atomic E-state index is 9.94. The molecule has 0 spiro atoms. The number of halogens is 1. The number of hydrogen-bond donors (Lipinski definition) is 1. The summed E-state index contributed by atoms with van der Waals surface area (Å²) in [6.07, 6.45) is 1.61. The van der Waals surface area contributed by atoms with Gasteiger partial charge in [-0.25, -0.2) is 0 Å². The van der Waals surface area contributed by atoms with Crippen molar-refractivity contribution in [1.29, 1.82) is 0 Å². The van der Waals surface area contributed by atoms with E-state index in [-0.39, 0.29) is 11.2 Å². The molecule has 2 aromatic rings. The number of benzene rings is 1. The van der Waals surface area contributed by atoms with E-state index in [0.717, 1.165) is 16.5 Å². The molecule has 0 aliphatic heterocycles. The third-order valence-electron chi connectivity index (χ3n) is 2.55. The van der Waals surface area contributed by atoms with Gasteiger partial charge in [0.2, 0.25) is 0 Å². The Balaban J connectivity index is 2.85. The summed E-state index contributed by atoms with van der Waals surface area (Å²) in [7, 11) is 0. The van der Waals surface area contributed by atoms with Gasteiger partial charge in [-0.1, -0.05) is 32.4 Å². The van der Waals surface area contributed by atoms with Crippen molar-refractivity contribution in [3.8, 4) is 5.75 Å². The third kappa shape index (κ3) is 1.85. The molecule has 0 radical (unpaired) electrons. The van der Waals surface area contributed by atoms with Crippen molar-refractivity contribution in [1.82, 2.24) is 4.98 Å². The first kappa shape index (κ1) is 11.2. The number of phenolic OH excluding ortho intramolecular Hbond substituents is 1. The van der Waals surface area contributed by atoms with Crippen molar-refractivity contribution in [2.24, 2.45) is 0 Å².